The maximum atomic E-state index is 12.1. The summed E-state index contributed by atoms with van der Waals surface area (Å²) < 4.78 is 5.10. The highest BCUT2D eigenvalue weighted by Gasteiger charge is 2.18. The normalized spacial score (nSPS) is 15.3. The SMILES string of the molecule is CO/N=C/c1cc(NC(=O)N2CCOCN2)c(Cl)cc1Cl. The number of rotatable bonds is 3. The maximum absolute atomic E-state index is 12.1. The van der Waals surface area contributed by atoms with Crippen molar-refractivity contribution < 1.29 is 14.4 Å². The maximum Gasteiger partial charge on any atom is 0.336 e. The summed E-state index contributed by atoms with van der Waals surface area (Å²) in [6.45, 7) is 1.20. The molecule has 2 amide bonds. The number of hydrogen-bond acceptors (Lipinski definition) is 5. The van der Waals surface area contributed by atoms with E-state index in [1.54, 1.807) is 6.07 Å². The smallest absolute Gasteiger partial charge is 0.336 e. The van der Waals surface area contributed by atoms with Gasteiger partial charge in [-0.2, -0.15) is 0 Å². The van der Waals surface area contributed by atoms with Crippen molar-refractivity contribution in [2.24, 2.45) is 5.16 Å². The second-order valence-corrected chi connectivity index (χ2v) is 4.88. The molecule has 21 heavy (non-hydrogen) atoms. The van der Waals surface area contributed by atoms with Crippen molar-refractivity contribution in [1.29, 1.82) is 0 Å². The number of hydrogen-bond donors (Lipinski definition) is 2. The quantitative estimate of drug-likeness (QED) is 0.657. The molecule has 1 aliphatic rings. The van der Waals surface area contributed by atoms with E-state index in [1.807, 2.05) is 0 Å². The number of hydrazine groups is 1. The molecule has 1 aromatic rings. The summed E-state index contributed by atoms with van der Waals surface area (Å²) in [6, 6.07) is 2.81. The van der Waals surface area contributed by atoms with Crippen LogP contribution in [-0.4, -0.2) is 44.2 Å². The van der Waals surface area contributed by atoms with E-state index in [0.717, 1.165) is 0 Å². The summed E-state index contributed by atoms with van der Waals surface area (Å²) in [6.07, 6.45) is 1.43. The molecule has 114 valence electrons. The Morgan fingerprint density at radius 3 is 3.00 bits per heavy atom. The average molecular weight is 333 g/mol. The molecule has 0 aliphatic carbocycles. The van der Waals surface area contributed by atoms with Gasteiger partial charge in [0.05, 0.1) is 35.1 Å². The lowest BCUT2D eigenvalue weighted by atomic mass is 10.2. The van der Waals surface area contributed by atoms with E-state index in [0.29, 0.717) is 34.4 Å². The second-order valence-electron chi connectivity index (χ2n) is 4.06. The van der Waals surface area contributed by atoms with Crippen molar-refractivity contribution in [2.75, 3.05) is 32.3 Å². The molecule has 0 atom stereocenters. The zero-order valence-corrected chi connectivity index (χ0v) is 12.7. The Labute approximate surface area is 131 Å². The van der Waals surface area contributed by atoms with Gasteiger partial charge in [-0.15, -0.1) is 0 Å². The Morgan fingerprint density at radius 1 is 1.52 bits per heavy atom. The van der Waals surface area contributed by atoms with Crippen LogP contribution in [0, 0.1) is 0 Å². The number of amides is 2. The first-order valence-electron chi connectivity index (χ1n) is 6.07. The van der Waals surface area contributed by atoms with Gasteiger partial charge in [-0.25, -0.2) is 10.2 Å². The molecule has 0 bridgehead atoms. The minimum atomic E-state index is -0.336. The fourth-order valence-corrected chi connectivity index (χ4v) is 2.14. The lowest BCUT2D eigenvalue weighted by molar-refractivity contribution is 0.00550. The van der Waals surface area contributed by atoms with Crippen LogP contribution in [0.3, 0.4) is 0 Å². The molecule has 2 rings (SSSR count). The van der Waals surface area contributed by atoms with Crippen LogP contribution in [0.5, 0.6) is 0 Å². The van der Waals surface area contributed by atoms with Crippen LogP contribution in [0.2, 0.25) is 10.0 Å². The second kappa shape index (κ2) is 7.46. The number of oxime groups is 1. The van der Waals surface area contributed by atoms with E-state index >= 15 is 0 Å². The Bertz CT molecular complexity index is 548. The molecule has 2 N–H and O–H groups in total. The van der Waals surface area contributed by atoms with Crippen LogP contribution in [0.25, 0.3) is 0 Å². The van der Waals surface area contributed by atoms with Gasteiger partial charge in [-0.3, -0.25) is 5.01 Å². The first-order chi connectivity index (χ1) is 10.1. The number of urea groups is 1. The predicted octanol–water partition coefficient (Wildman–Crippen LogP) is 2.30. The standard InChI is InChI=1S/C12H14Cl2N4O3/c1-20-16-6-8-4-11(10(14)5-9(8)13)17-12(19)18-2-3-21-7-15-18/h4-6,15H,2-3,7H2,1H3,(H,17,19)/b16-6+. The summed E-state index contributed by atoms with van der Waals surface area (Å²) >= 11 is 12.1. The Kier molecular flexibility index (Phi) is 5.63. The van der Waals surface area contributed by atoms with Crippen molar-refractivity contribution in [3.63, 3.8) is 0 Å². The van der Waals surface area contributed by atoms with Gasteiger partial charge in [0, 0.05) is 5.56 Å². The average Bonchev–Trinajstić information content (AvgIpc) is 2.49. The van der Waals surface area contributed by atoms with Crippen molar-refractivity contribution in [1.82, 2.24) is 10.4 Å². The van der Waals surface area contributed by atoms with Crippen LogP contribution in [0.1, 0.15) is 5.56 Å². The molecule has 1 aromatic carbocycles. The highest BCUT2D eigenvalue weighted by molar-refractivity contribution is 6.38. The first-order valence-corrected chi connectivity index (χ1v) is 6.82. The highest BCUT2D eigenvalue weighted by Crippen LogP contribution is 2.28. The van der Waals surface area contributed by atoms with E-state index in [9.17, 15) is 4.79 Å². The van der Waals surface area contributed by atoms with Crippen LogP contribution in [-0.2, 0) is 9.57 Å². The van der Waals surface area contributed by atoms with Gasteiger partial charge in [0.25, 0.3) is 0 Å². The van der Waals surface area contributed by atoms with Gasteiger partial charge in [0.15, 0.2) is 0 Å². The fourth-order valence-electron chi connectivity index (χ4n) is 1.66. The molecule has 1 aliphatic heterocycles. The molecule has 9 heteroatoms. The summed E-state index contributed by atoms with van der Waals surface area (Å²) in [5.41, 5.74) is 3.81. The van der Waals surface area contributed by atoms with Gasteiger partial charge in [0.1, 0.15) is 13.8 Å². The molecule has 1 heterocycles. The largest absolute Gasteiger partial charge is 0.399 e. The number of ether oxygens (including phenoxy) is 1. The van der Waals surface area contributed by atoms with Gasteiger partial charge >= 0.3 is 6.03 Å². The zero-order valence-electron chi connectivity index (χ0n) is 11.2. The summed E-state index contributed by atoms with van der Waals surface area (Å²) in [7, 11) is 1.42. The molecule has 0 radical (unpaired) electrons. The topological polar surface area (TPSA) is 75.2 Å². The third-order valence-corrected chi connectivity index (χ3v) is 3.33. The number of benzene rings is 1. The van der Waals surface area contributed by atoms with Crippen molar-refractivity contribution in [3.8, 4) is 0 Å². The highest BCUT2D eigenvalue weighted by atomic mass is 35.5. The number of halogens is 2. The molecule has 1 fully saturated rings. The molecule has 1 saturated heterocycles. The van der Waals surface area contributed by atoms with Crippen LogP contribution in [0.15, 0.2) is 17.3 Å². The van der Waals surface area contributed by atoms with Crippen LogP contribution in [0.4, 0.5) is 10.5 Å². The van der Waals surface area contributed by atoms with E-state index in [2.05, 4.69) is 20.7 Å². The summed E-state index contributed by atoms with van der Waals surface area (Å²) in [4.78, 5) is 16.7. The van der Waals surface area contributed by atoms with E-state index < -0.39 is 0 Å². The Morgan fingerprint density at radius 2 is 2.33 bits per heavy atom. The van der Waals surface area contributed by atoms with Crippen molar-refractivity contribution in [2.45, 2.75) is 0 Å². The first kappa shape index (κ1) is 15.8. The molecule has 0 spiro atoms. The number of carbonyl (C=O) groups is 1. The van der Waals surface area contributed by atoms with Gasteiger partial charge in [-0.05, 0) is 12.1 Å². The van der Waals surface area contributed by atoms with E-state index in [4.69, 9.17) is 27.9 Å². The number of anilines is 1. The molecule has 0 saturated carbocycles. The van der Waals surface area contributed by atoms with Gasteiger partial charge < -0.3 is 14.9 Å². The van der Waals surface area contributed by atoms with Gasteiger partial charge in [-0.1, -0.05) is 28.4 Å². The van der Waals surface area contributed by atoms with Crippen molar-refractivity contribution in [3.05, 3.63) is 27.7 Å². The Balaban J connectivity index is 2.14. The van der Waals surface area contributed by atoms with E-state index in [-0.39, 0.29) is 12.8 Å². The molecule has 0 aromatic heterocycles. The summed E-state index contributed by atoms with van der Waals surface area (Å²) in [5.74, 6) is 0. The monoisotopic (exact) mass is 332 g/mol. The fraction of sp³-hybridized carbons (Fsp3) is 0.333. The summed E-state index contributed by atoms with van der Waals surface area (Å²) in [5, 5.41) is 8.49. The lowest BCUT2D eigenvalue weighted by Gasteiger charge is -2.27. The third-order valence-electron chi connectivity index (χ3n) is 2.69. The van der Waals surface area contributed by atoms with Crippen LogP contribution < -0.4 is 10.7 Å². The number of carbonyl (C=O) groups excluding carboxylic acids is 1. The molecular formula is C12H14Cl2N4O3. The van der Waals surface area contributed by atoms with Gasteiger partial charge in [0.2, 0.25) is 0 Å². The zero-order chi connectivity index (χ0) is 15.2. The molecule has 0 unspecified atom stereocenters. The lowest BCUT2D eigenvalue weighted by Crippen LogP contribution is -2.51. The predicted molar refractivity (Wildman–Crippen MR) is 80.7 cm³/mol. The van der Waals surface area contributed by atoms with Crippen LogP contribution >= 0.6 is 23.2 Å². The van der Waals surface area contributed by atoms with Crippen molar-refractivity contribution >= 4 is 41.1 Å². The molecule has 7 nitrogen and oxygen atoms in total. The molecular weight excluding hydrogens is 319 g/mol. The minimum Gasteiger partial charge on any atom is -0.399 e. The van der Waals surface area contributed by atoms with E-state index in [1.165, 1.54) is 24.4 Å². The minimum absolute atomic E-state index is 0.285. The third kappa shape index (κ3) is 4.21. The number of nitrogens with zero attached hydrogens (tertiary/aromatic N) is 2. The number of nitrogens with one attached hydrogen (secondary N) is 2. The Hall–Kier alpha value is -1.54.